The second kappa shape index (κ2) is 10.4. The molecule has 6 heteroatoms. The Kier molecular flexibility index (Phi) is 7.07. The second-order valence-corrected chi connectivity index (χ2v) is 11.0. The van der Waals surface area contributed by atoms with Gasteiger partial charge in [-0.05, 0) is 92.4 Å². The van der Waals surface area contributed by atoms with Crippen LogP contribution in [0, 0.1) is 5.92 Å². The predicted molar refractivity (Wildman–Crippen MR) is 139 cm³/mol. The van der Waals surface area contributed by atoms with Crippen LogP contribution in [-0.4, -0.2) is 34.7 Å². The van der Waals surface area contributed by atoms with Crippen molar-refractivity contribution in [3.63, 3.8) is 0 Å². The summed E-state index contributed by atoms with van der Waals surface area (Å²) in [7, 11) is 0. The second-order valence-electron chi connectivity index (χ2n) is 9.94. The number of Topliss-reactive ketones (excluding diaryl/α,β-unsaturated/α-hetero) is 1. The van der Waals surface area contributed by atoms with Crippen LogP contribution in [0.2, 0.25) is 0 Å². The smallest absolute Gasteiger partial charge is 0.226 e. The number of aryl methyl sites for hydroxylation is 2. The Morgan fingerprint density at radius 2 is 1.82 bits per heavy atom. The zero-order chi connectivity index (χ0) is 23.5. The third-order valence-corrected chi connectivity index (χ3v) is 8.16. The number of carbonyl (C=O) groups excluding carboxylic acids is 2. The number of hydrogen-bond donors (Lipinski definition) is 1. The summed E-state index contributed by atoms with van der Waals surface area (Å²) in [6, 6.07) is 12.4. The van der Waals surface area contributed by atoms with Crippen molar-refractivity contribution in [2.45, 2.75) is 64.8 Å². The van der Waals surface area contributed by atoms with Crippen molar-refractivity contribution in [1.29, 1.82) is 0 Å². The number of carbonyl (C=O) groups is 2. The Labute approximate surface area is 205 Å². The number of ketones is 1. The number of amides is 1. The molecule has 2 heterocycles. The fourth-order valence-electron chi connectivity index (χ4n) is 5.06. The van der Waals surface area contributed by atoms with Crippen molar-refractivity contribution in [2.75, 3.05) is 18.4 Å². The maximum absolute atomic E-state index is 12.7. The summed E-state index contributed by atoms with van der Waals surface area (Å²) in [5.41, 5.74) is 5.58. The molecule has 0 radical (unpaired) electrons. The van der Waals surface area contributed by atoms with E-state index >= 15 is 0 Å². The summed E-state index contributed by atoms with van der Waals surface area (Å²) >= 11 is 1.50. The van der Waals surface area contributed by atoms with E-state index in [1.807, 2.05) is 18.2 Å². The van der Waals surface area contributed by atoms with Gasteiger partial charge in [0.15, 0.2) is 10.9 Å². The molecule has 0 bridgehead atoms. The van der Waals surface area contributed by atoms with E-state index in [0.29, 0.717) is 5.13 Å². The molecule has 1 saturated heterocycles. The quantitative estimate of drug-likeness (QED) is 0.425. The third kappa shape index (κ3) is 5.56. The minimum atomic E-state index is -0.159. The van der Waals surface area contributed by atoms with E-state index in [2.05, 4.69) is 40.3 Å². The molecule has 0 atom stereocenters. The summed E-state index contributed by atoms with van der Waals surface area (Å²) in [4.78, 5) is 32.3. The van der Waals surface area contributed by atoms with Crippen LogP contribution in [0.25, 0.3) is 10.2 Å². The van der Waals surface area contributed by atoms with Crippen molar-refractivity contribution in [3.05, 3.63) is 58.7 Å². The number of benzene rings is 2. The Morgan fingerprint density at radius 3 is 2.65 bits per heavy atom. The topological polar surface area (TPSA) is 62.3 Å². The predicted octanol–water partition coefficient (Wildman–Crippen LogP) is 6.01. The zero-order valence-electron chi connectivity index (χ0n) is 19.9. The van der Waals surface area contributed by atoms with Crippen molar-refractivity contribution in [3.8, 4) is 0 Å². The van der Waals surface area contributed by atoms with Gasteiger partial charge in [0, 0.05) is 24.9 Å². The SMILES string of the molecule is CC1CCN(Cc2ccc3nc(NC(=O)CCC(=O)c4ccc5c(c4)CCCC5)sc3c2)CC1. The van der Waals surface area contributed by atoms with E-state index in [1.54, 1.807) is 0 Å². The molecule has 0 saturated carbocycles. The van der Waals surface area contributed by atoms with E-state index in [4.69, 9.17) is 0 Å². The van der Waals surface area contributed by atoms with E-state index in [-0.39, 0.29) is 24.5 Å². The normalized spacial score (nSPS) is 17.0. The van der Waals surface area contributed by atoms with Crippen molar-refractivity contribution in [2.24, 2.45) is 5.92 Å². The number of rotatable bonds is 7. The lowest BCUT2D eigenvalue weighted by molar-refractivity contribution is -0.116. The largest absolute Gasteiger partial charge is 0.302 e. The summed E-state index contributed by atoms with van der Waals surface area (Å²) < 4.78 is 1.09. The van der Waals surface area contributed by atoms with Gasteiger partial charge in [-0.2, -0.15) is 0 Å². The highest BCUT2D eigenvalue weighted by atomic mass is 32.1. The van der Waals surface area contributed by atoms with Gasteiger partial charge in [-0.1, -0.05) is 36.5 Å². The molecular weight excluding hydrogens is 442 g/mol. The highest BCUT2D eigenvalue weighted by molar-refractivity contribution is 7.22. The number of aromatic nitrogens is 1. The lowest BCUT2D eigenvalue weighted by Crippen LogP contribution is -2.32. The molecule has 0 unspecified atom stereocenters. The average molecular weight is 476 g/mol. The van der Waals surface area contributed by atoms with E-state index < -0.39 is 0 Å². The lowest BCUT2D eigenvalue weighted by Gasteiger charge is -2.30. The molecular formula is C28H33N3O2S. The maximum Gasteiger partial charge on any atom is 0.226 e. The molecule has 0 spiro atoms. The van der Waals surface area contributed by atoms with Crippen LogP contribution in [0.5, 0.6) is 0 Å². The summed E-state index contributed by atoms with van der Waals surface area (Å²) in [6.07, 6.45) is 7.50. The molecule has 34 heavy (non-hydrogen) atoms. The Balaban J connectivity index is 1.15. The molecule has 3 aromatic rings. The highest BCUT2D eigenvalue weighted by Crippen LogP contribution is 2.28. The molecule has 2 aromatic carbocycles. The molecule has 1 N–H and O–H groups in total. The van der Waals surface area contributed by atoms with Gasteiger partial charge in [0.2, 0.25) is 5.91 Å². The minimum absolute atomic E-state index is 0.0320. The number of nitrogens with zero attached hydrogens (tertiary/aromatic N) is 2. The molecule has 178 valence electrons. The van der Waals surface area contributed by atoms with Gasteiger partial charge < -0.3 is 5.32 Å². The molecule has 1 aromatic heterocycles. The minimum Gasteiger partial charge on any atom is -0.302 e. The first-order valence-corrected chi connectivity index (χ1v) is 13.4. The van der Waals surface area contributed by atoms with Crippen LogP contribution in [0.1, 0.15) is 72.5 Å². The van der Waals surface area contributed by atoms with Gasteiger partial charge in [-0.3, -0.25) is 14.5 Å². The average Bonchev–Trinajstić information content (AvgIpc) is 3.25. The summed E-state index contributed by atoms with van der Waals surface area (Å²) in [6.45, 7) is 5.62. The van der Waals surface area contributed by atoms with Gasteiger partial charge in [-0.15, -0.1) is 0 Å². The molecule has 1 amide bonds. The standard InChI is InChI=1S/C28H33N3O2S/c1-19-12-14-31(15-13-19)18-20-6-9-24-26(16-20)34-28(29-24)30-27(33)11-10-25(32)23-8-7-21-4-2-3-5-22(21)17-23/h6-9,16-17,19H,2-5,10-15,18H2,1H3,(H,29,30,33). The number of fused-ring (bicyclic) bond motifs is 2. The molecule has 1 aliphatic heterocycles. The fraction of sp³-hybridized carbons (Fsp3) is 0.464. The third-order valence-electron chi connectivity index (χ3n) is 7.23. The van der Waals surface area contributed by atoms with Crippen LogP contribution in [0.15, 0.2) is 36.4 Å². The Morgan fingerprint density at radius 1 is 1.03 bits per heavy atom. The molecule has 1 fully saturated rings. The zero-order valence-corrected chi connectivity index (χ0v) is 20.8. The van der Waals surface area contributed by atoms with E-state index in [9.17, 15) is 9.59 Å². The van der Waals surface area contributed by atoms with Crippen LogP contribution in [-0.2, 0) is 24.2 Å². The fourth-order valence-corrected chi connectivity index (χ4v) is 6.00. The van der Waals surface area contributed by atoms with Gasteiger partial charge in [0.25, 0.3) is 0 Å². The van der Waals surface area contributed by atoms with Crippen molar-refractivity contribution < 1.29 is 9.59 Å². The molecule has 5 nitrogen and oxygen atoms in total. The monoisotopic (exact) mass is 475 g/mol. The van der Waals surface area contributed by atoms with E-state index in [1.165, 1.54) is 53.7 Å². The first kappa shape index (κ1) is 23.2. The number of nitrogens with one attached hydrogen (secondary N) is 1. The van der Waals surface area contributed by atoms with Gasteiger partial charge in [0.1, 0.15) is 0 Å². The van der Waals surface area contributed by atoms with Crippen LogP contribution in [0.4, 0.5) is 5.13 Å². The first-order chi connectivity index (χ1) is 16.5. The highest BCUT2D eigenvalue weighted by Gasteiger charge is 2.17. The lowest BCUT2D eigenvalue weighted by atomic mass is 9.89. The van der Waals surface area contributed by atoms with Gasteiger partial charge in [-0.25, -0.2) is 4.98 Å². The molecule has 5 rings (SSSR count). The van der Waals surface area contributed by atoms with Crippen molar-refractivity contribution >= 4 is 38.4 Å². The van der Waals surface area contributed by atoms with Crippen LogP contribution < -0.4 is 5.32 Å². The number of thiazole rings is 1. The van der Waals surface area contributed by atoms with Crippen LogP contribution in [0.3, 0.4) is 0 Å². The number of likely N-dealkylation sites (tertiary alicyclic amines) is 1. The van der Waals surface area contributed by atoms with Gasteiger partial charge in [0.05, 0.1) is 10.2 Å². The molecule has 1 aliphatic carbocycles. The number of piperidine rings is 1. The first-order valence-electron chi connectivity index (χ1n) is 12.6. The van der Waals surface area contributed by atoms with E-state index in [0.717, 1.165) is 54.2 Å². The van der Waals surface area contributed by atoms with Gasteiger partial charge >= 0.3 is 0 Å². The van der Waals surface area contributed by atoms with Crippen molar-refractivity contribution in [1.82, 2.24) is 9.88 Å². The maximum atomic E-state index is 12.7. The summed E-state index contributed by atoms with van der Waals surface area (Å²) in [5.74, 6) is 0.706. The Hall–Kier alpha value is -2.57. The summed E-state index contributed by atoms with van der Waals surface area (Å²) in [5, 5.41) is 3.50. The number of anilines is 1. The number of hydrogen-bond acceptors (Lipinski definition) is 5. The molecule has 2 aliphatic rings. The van der Waals surface area contributed by atoms with Crippen LogP contribution >= 0.6 is 11.3 Å². The Bertz CT molecular complexity index is 1190.